The number of hydrogen-bond acceptors (Lipinski definition) is 5. The number of hydrogen-bond donors (Lipinski definition) is 2. The fraction of sp³-hybridized carbons (Fsp3) is 0.667. The highest BCUT2D eigenvalue weighted by molar-refractivity contribution is 5.79. The van der Waals surface area contributed by atoms with E-state index >= 15 is 0 Å². The number of aliphatic imine (C=N–C) groups is 1. The number of rotatable bonds is 6. The average Bonchev–Trinajstić information content (AvgIpc) is 3.26. The number of aryl methyl sites for hydroxylation is 2. The zero-order chi connectivity index (χ0) is 18.5. The molecule has 26 heavy (non-hydrogen) atoms. The van der Waals surface area contributed by atoms with Gasteiger partial charge in [0.1, 0.15) is 11.6 Å². The molecule has 1 atom stereocenters. The molecule has 2 N–H and O–H groups in total. The molecule has 0 aliphatic carbocycles. The largest absolute Gasteiger partial charge is 0.359 e. The van der Waals surface area contributed by atoms with E-state index in [0.29, 0.717) is 12.5 Å². The van der Waals surface area contributed by atoms with Gasteiger partial charge in [0.15, 0.2) is 11.7 Å². The molecule has 1 unspecified atom stereocenters. The molecule has 0 spiro atoms. The highest BCUT2D eigenvalue weighted by atomic mass is 16.5. The Morgan fingerprint density at radius 1 is 1.42 bits per heavy atom. The van der Waals surface area contributed by atoms with Crippen molar-refractivity contribution in [2.45, 2.75) is 71.5 Å². The van der Waals surface area contributed by atoms with Gasteiger partial charge >= 0.3 is 0 Å². The van der Waals surface area contributed by atoms with Crippen molar-refractivity contribution in [3.8, 4) is 0 Å². The molecule has 1 aliphatic rings. The Labute approximate surface area is 154 Å². The van der Waals surface area contributed by atoms with Crippen molar-refractivity contribution in [2.75, 3.05) is 7.05 Å². The van der Waals surface area contributed by atoms with E-state index in [1.165, 1.54) is 0 Å². The first-order valence-electron chi connectivity index (χ1n) is 9.48. The third-order valence-corrected chi connectivity index (χ3v) is 4.93. The summed E-state index contributed by atoms with van der Waals surface area (Å²) in [5.74, 6) is 3.79. The van der Waals surface area contributed by atoms with Gasteiger partial charge in [-0.25, -0.2) is 9.67 Å². The van der Waals surface area contributed by atoms with Crippen molar-refractivity contribution in [3.63, 3.8) is 0 Å². The molecule has 0 saturated heterocycles. The van der Waals surface area contributed by atoms with E-state index in [4.69, 9.17) is 4.52 Å². The molecule has 0 bridgehead atoms. The zero-order valence-electron chi connectivity index (χ0n) is 16.1. The van der Waals surface area contributed by atoms with Gasteiger partial charge in [-0.3, -0.25) is 4.99 Å². The third-order valence-electron chi connectivity index (χ3n) is 4.93. The van der Waals surface area contributed by atoms with E-state index in [1.807, 2.05) is 17.7 Å². The van der Waals surface area contributed by atoms with Gasteiger partial charge < -0.3 is 15.2 Å². The van der Waals surface area contributed by atoms with Crippen molar-refractivity contribution < 1.29 is 4.52 Å². The highest BCUT2D eigenvalue weighted by Crippen LogP contribution is 2.23. The van der Waals surface area contributed by atoms with Crippen LogP contribution in [-0.2, 0) is 13.1 Å². The molecule has 8 heteroatoms. The first-order chi connectivity index (χ1) is 12.6. The monoisotopic (exact) mass is 359 g/mol. The second-order valence-corrected chi connectivity index (χ2v) is 6.74. The summed E-state index contributed by atoms with van der Waals surface area (Å²) in [7, 11) is 1.77. The number of nitrogens with zero attached hydrogens (tertiary/aromatic N) is 5. The Morgan fingerprint density at radius 2 is 2.23 bits per heavy atom. The van der Waals surface area contributed by atoms with Crippen molar-refractivity contribution in [1.29, 1.82) is 0 Å². The predicted molar refractivity (Wildman–Crippen MR) is 99.9 cm³/mol. The van der Waals surface area contributed by atoms with E-state index in [0.717, 1.165) is 61.3 Å². The van der Waals surface area contributed by atoms with Gasteiger partial charge in [-0.05, 0) is 32.6 Å². The Morgan fingerprint density at radius 3 is 2.96 bits per heavy atom. The number of nitrogens with one attached hydrogen (secondary N) is 2. The minimum atomic E-state index is 0.117. The Kier molecular flexibility index (Phi) is 5.90. The van der Waals surface area contributed by atoms with Gasteiger partial charge in [0.05, 0.1) is 18.3 Å². The lowest BCUT2D eigenvalue weighted by molar-refractivity contribution is 0.366. The van der Waals surface area contributed by atoms with Crippen LogP contribution in [0.2, 0.25) is 0 Å². The Bertz CT molecular complexity index is 745. The summed E-state index contributed by atoms with van der Waals surface area (Å²) in [5, 5.41) is 15.4. The second kappa shape index (κ2) is 8.33. The van der Waals surface area contributed by atoms with Crippen LogP contribution in [0, 0.1) is 6.92 Å². The van der Waals surface area contributed by atoms with Crippen LogP contribution in [0.5, 0.6) is 0 Å². The molecule has 0 fully saturated rings. The summed E-state index contributed by atoms with van der Waals surface area (Å²) in [6.07, 6.45) is 4.23. The summed E-state index contributed by atoms with van der Waals surface area (Å²) < 4.78 is 7.46. The van der Waals surface area contributed by atoms with Crippen molar-refractivity contribution in [3.05, 3.63) is 29.2 Å². The second-order valence-electron chi connectivity index (χ2n) is 6.74. The van der Waals surface area contributed by atoms with Gasteiger partial charge in [-0.1, -0.05) is 19.0 Å². The van der Waals surface area contributed by atoms with Crippen LogP contribution >= 0.6 is 0 Å². The lowest BCUT2D eigenvalue weighted by Crippen LogP contribution is -2.41. The molecule has 1 aliphatic heterocycles. The summed E-state index contributed by atoms with van der Waals surface area (Å²) in [4.78, 5) is 8.88. The minimum absolute atomic E-state index is 0.117. The predicted octanol–water partition coefficient (Wildman–Crippen LogP) is 2.68. The zero-order valence-corrected chi connectivity index (χ0v) is 16.1. The molecule has 0 radical (unpaired) electrons. The molecule has 0 aromatic carbocycles. The molecule has 0 amide bonds. The average molecular weight is 359 g/mol. The summed E-state index contributed by atoms with van der Waals surface area (Å²) in [5.41, 5.74) is 1.03. The van der Waals surface area contributed by atoms with Crippen molar-refractivity contribution in [2.24, 2.45) is 4.99 Å². The van der Waals surface area contributed by atoms with Crippen LogP contribution in [0.1, 0.15) is 74.6 Å². The molecule has 0 saturated carbocycles. The minimum Gasteiger partial charge on any atom is -0.359 e. The Hall–Kier alpha value is -2.38. The molecule has 2 aromatic rings. The third kappa shape index (κ3) is 4.05. The van der Waals surface area contributed by atoms with E-state index in [2.05, 4.69) is 44.7 Å². The first kappa shape index (κ1) is 18.4. The van der Waals surface area contributed by atoms with Gasteiger partial charge in [0, 0.05) is 25.6 Å². The lowest BCUT2D eigenvalue weighted by Gasteiger charge is -2.24. The Balaban J connectivity index is 1.59. The van der Waals surface area contributed by atoms with Crippen LogP contribution in [0.3, 0.4) is 0 Å². The quantitative estimate of drug-likeness (QED) is 0.608. The number of fused-ring (bicyclic) bond motifs is 1. The number of aromatic nitrogens is 4. The maximum atomic E-state index is 5.47. The molecular weight excluding hydrogens is 330 g/mol. The smallest absolute Gasteiger partial charge is 0.191 e. The molecular formula is C18H29N7O. The SMILES string of the molecule is CCC(CC)c1cc(CNC(=NC)NC2CCCn3nc(C)nc32)on1. The van der Waals surface area contributed by atoms with Gasteiger partial charge in [-0.2, -0.15) is 5.10 Å². The topological polar surface area (TPSA) is 93.2 Å². The molecule has 142 valence electrons. The fourth-order valence-corrected chi connectivity index (χ4v) is 3.45. The summed E-state index contributed by atoms with van der Waals surface area (Å²) >= 11 is 0. The van der Waals surface area contributed by atoms with Gasteiger partial charge in [0.25, 0.3) is 0 Å². The molecule has 3 heterocycles. The summed E-state index contributed by atoms with van der Waals surface area (Å²) in [6, 6.07) is 2.16. The van der Waals surface area contributed by atoms with Crippen LogP contribution in [0.15, 0.2) is 15.6 Å². The van der Waals surface area contributed by atoms with Crippen LogP contribution in [0.25, 0.3) is 0 Å². The standard InChI is InChI=1S/C18H29N7O/c1-5-13(6-2)16-10-14(26-24-16)11-20-18(19-4)22-15-8-7-9-25-17(15)21-12(3)23-25/h10,13,15H,5-9,11H2,1-4H3,(H2,19,20,22). The van der Waals surface area contributed by atoms with Crippen LogP contribution in [0.4, 0.5) is 0 Å². The van der Waals surface area contributed by atoms with Crippen molar-refractivity contribution >= 4 is 5.96 Å². The molecule has 3 rings (SSSR count). The first-order valence-corrected chi connectivity index (χ1v) is 9.48. The van der Waals surface area contributed by atoms with Crippen LogP contribution < -0.4 is 10.6 Å². The molecule has 2 aromatic heterocycles. The van der Waals surface area contributed by atoms with Crippen LogP contribution in [-0.4, -0.2) is 32.9 Å². The lowest BCUT2D eigenvalue weighted by atomic mass is 9.99. The normalized spacial score (nSPS) is 17.4. The summed E-state index contributed by atoms with van der Waals surface area (Å²) in [6.45, 7) is 7.76. The van der Waals surface area contributed by atoms with E-state index in [1.54, 1.807) is 7.05 Å². The molecule has 8 nitrogen and oxygen atoms in total. The van der Waals surface area contributed by atoms with Gasteiger partial charge in [-0.15, -0.1) is 0 Å². The van der Waals surface area contributed by atoms with E-state index < -0.39 is 0 Å². The highest BCUT2D eigenvalue weighted by Gasteiger charge is 2.24. The van der Waals surface area contributed by atoms with Gasteiger partial charge in [0.2, 0.25) is 0 Å². The maximum absolute atomic E-state index is 5.47. The van der Waals surface area contributed by atoms with E-state index in [9.17, 15) is 0 Å². The fourth-order valence-electron chi connectivity index (χ4n) is 3.45. The van der Waals surface area contributed by atoms with E-state index in [-0.39, 0.29) is 6.04 Å². The van der Waals surface area contributed by atoms with Crippen molar-refractivity contribution in [1.82, 2.24) is 30.6 Å². The number of guanidine groups is 1. The maximum Gasteiger partial charge on any atom is 0.191 e.